The molecular weight excluding hydrogens is 395 g/mol. The molecule has 1 aliphatic heterocycles. The first-order valence-corrected chi connectivity index (χ1v) is 10.1. The van der Waals surface area contributed by atoms with E-state index in [4.69, 9.17) is 21.1 Å². The molecule has 0 spiro atoms. The number of halogens is 2. The molecule has 1 atom stereocenters. The normalized spacial score (nSPS) is 15.9. The maximum absolute atomic E-state index is 13.5. The summed E-state index contributed by atoms with van der Waals surface area (Å²) in [7, 11) is 1.60. The van der Waals surface area contributed by atoms with E-state index in [1.54, 1.807) is 37.4 Å². The molecule has 0 saturated carbocycles. The summed E-state index contributed by atoms with van der Waals surface area (Å²) in [6.45, 7) is 5.45. The summed E-state index contributed by atoms with van der Waals surface area (Å²) in [4.78, 5) is 17.2. The lowest BCUT2D eigenvalue weighted by Gasteiger charge is -2.38. The van der Waals surface area contributed by atoms with Gasteiger partial charge in [-0.2, -0.15) is 0 Å². The van der Waals surface area contributed by atoms with Crippen LogP contribution in [0.25, 0.3) is 0 Å². The van der Waals surface area contributed by atoms with Crippen molar-refractivity contribution in [2.24, 2.45) is 0 Å². The van der Waals surface area contributed by atoms with Gasteiger partial charge in [0, 0.05) is 44.4 Å². The molecule has 1 saturated heterocycles. The van der Waals surface area contributed by atoms with Crippen molar-refractivity contribution in [1.29, 1.82) is 0 Å². The van der Waals surface area contributed by atoms with Crippen molar-refractivity contribution < 1.29 is 18.7 Å². The van der Waals surface area contributed by atoms with Crippen LogP contribution in [0.15, 0.2) is 42.5 Å². The van der Waals surface area contributed by atoms with Gasteiger partial charge in [0.15, 0.2) is 0 Å². The number of hydrogen-bond donors (Lipinski definition) is 0. The van der Waals surface area contributed by atoms with Crippen molar-refractivity contribution in [3.63, 3.8) is 0 Å². The van der Waals surface area contributed by atoms with Crippen molar-refractivity contribution in [2.45, 2.75) is 13.0 Å². The van der Waals surface area contributed by atoms with Crippen molar-refractivity contribution >= 4 is 17.5 Å². The van der Waals surface area contributed by atoms with Gasteiger partial charge in [-0.25, -0.2) is 4.39 Å². The van der Waals surface area contributed by atoms with Crippen molar-refractivity contribution in [3.8, 4) is 5.75 Å². The first-order chi connectivity index (χ1) is 14.0. The van der Waals surface area contributed by atoms with Crippen LogP contribution in [0, 0.1) is 5.82 Å². The molecule has 0 N–H and O–H groups in total. The lowest BCUT2D eigenvalue weighted by Crippen LogP contribution is -2.49. The van der Waals surface area contributed by atoms with E-state index < -0.39 is 0 Å². The van der Waals surface area contributed by atoms with Crippen molar-refractivity contribution in [1.82, 2.24) is 9.80 Å². The van der Waals surface area contributed by atoms with E-state index in [0.29, 0.717) is 55.7 Å². The van der Waals surface area contributed by atoms with Crippen LogP contribution in [0.4, 0.5) is 4.39 Å². The number of hydrogen-bond acceptors (Lipinski definition) is 4. The molecule has 3 rings (SSSR count). The van der Waals surface area contributed by atoms with Gasteiger partial charge in [-0.3, -0.25) is 9.69 Å². The third-order valence-corrected chi connectivity index (χ3v) is 5.43. The number of carbonyl (C=O) groups excluding carboxylic acids is 1. The Morgan fingerprint density at radius 2 is 1.90 bits per heavy atom. The zero-order chi connectivity index (χ0) is 20.8. The fraction of sp³-hybridized carbons (Fsp3) is 0.409. The molecule has 29 heavy (non-hydrogen) atoms. The molecule has 2 aromatic rings. The Bertz CT molecular complexity index is 841. The predicted octanol–water partition coefficient (Wildman–Crippen LogP) is 4.02. The number of rotatable bonds is 7. The fourth-order valence-electron chi connectivity index (χ4n) is 3.49. The van der Waals surface area contributed by atoms with Crippen molar-refractivity contribution in [3.05, 3.63) is 64.4 Å². The third kappa shape index (κ3) is 5.47. The molecule has 1 amide bonds. The highest BCUT2D eigenvalue weighted by Gasteiger charge is 2.27. The zero-order valence-corrected chi connectivity index (χ0v) is 17.5. The van der Waals surface area contributed by atoms with Crippen LogP contribution < -0.4 is 4.74 Å². The molecule has 1 aliphatic rings. The lowest BCUT2D eigenvalue weighted by molar-refractivity contribution is 0.0576. The minimum Gasteiger partial charge on any atom is -0.490 e. The van der Waals surface area contributed by atoms with Gasteiger partial charge >= 0.3 is 0 Å². The summed E-state index contributed by atoms with van der Waals surface area (Å²) in [6, 6.07) is 11.8. The van der Waals surface area contributed by atoms with Gasteiger partial charge in [0.2, 0.25) is 0 Å². The van der Waals surface area contributed by atoms with Crippen LogP contribution in [0.3, 0.4) is 0 Å². The Balaban J connectivity index is 1.65. The molecule has 0 bridgehead atoms. The standard InChI is InChI=1S/C22H26ClFN2O3/c1-16(17-4-3-5-19(24)14-17)25-8-10-26(11-9-25)22(27)20-15-18(23)6-7-21(20)29-13-12-28-2/h3-7,14-16H,8-13H2,1-2H3. The van der Waals surface area contributed by atoms with Gasteiger partial charge in [-0.1, -0.05) is 23.7 Å². The second kappa shape index (κ2) is 10.1. The molecular formula is C22H26ClFN2O3. The number of methoxy groups -OCH3 is 1. The highest BCUT2D eigenvalue weighted by molar-refractivity contribution is 6.31. The minimum absolute atomic E-state index is 0.0852. The van der Waals surface area contributed by atoms with Gasteiger partial charge in [0.25, 0.3) is 5.91 Å². The van der Waals surface area contributed by atoms with E-state index in [0.717, 1.165) is 5.56 Å². The van der Waals surface area contributed by atoms with E-state index in [1.165, 1.54) is 6.07 Å². The highest BCUT2D eigenvalue weighted by Crippen LogP contribution is 2.27. The van der Waals surface area contributed by atoms with Crippen LogP contribution in [-0.2, 0) is 4.74 Å². The number of ether oxygens (including phenoxy) is 2. The van der Waals surface area contributed by atoms with Gasteiger partial charge in [0.05, 0.1) is 12.2 Å². The van der Waals surface area contributed by atoms with E-state index in [2.05, 4.69) is 11.8 Å². The first kappa shape index (κ1) is 21.6. The Labute approximate surface area is 176 Å². The monoisotopic (exact) mass is 420 g/mol. The van der Waals surface area contributed by atoms with Crippen LogP contribution in [0.2, 0.25) is 5.02 Å². The summed E-state index contributed by atoms with van der Waals surface area (Å²) >= 11 is 6.12. The second-order valence-electron chi connectivity index (χ2n) is 7.04. The number of nitrogens with zero attached hydrogens (tertiary/aromatic N) is 2. The van der Waals surface area contributed by atoms with Gasteiger partial charge < -0.3 is 14.4 Å². The van der Waals surface area contributed by atoms with E-state index >= 15 is 0 Å². The molecule has 0 aromatic heterocycles. The summed E-state index contributed by atoms with van der Waals surface area (Å²) in [5.74, 6) is 0.176. The molecule has 0 radical (unpaired) electrons. The largest absolute Gasteiger partial charge is 0.490 e. The molecule has 156 valence electrons. The smallest absolute Gasteiger partial charge is 0.257 e. The van der Waals surface area contributed by atoms with Gasteiger partial charge in [-0.05, 0) is 42.8 Å². The molecule has 5 nitrogen and oxygen atoms in total. The number of amides is 1. The Hall–Kier alpha value is -2.15. The molecule has 2 aromatic carbocycles. The summed E-state index contributed by atoms with van der Waals surface area (Å²) < 4.78 is 24.2. The lowest BCUT2D eigenvalue weighted by atomic mass is 10.1. The minimum atomic E-state index is -0.231. The van der Waals surface area contributed by atoms with Gasteiger partial charge in [0.1, 0.15) is 18.2 Å². The van der Waals surface area contributed by atoms with E-state index in [-0.39, 0.29) is 17.8 Å². The number of carbonyl (C=O) groups is 1. The molecule has 1 fully saturated rings. The molecule has 1 heterocycles. The fourth-order valence-corrected chi connectivity index (χ4v) is 3.66. The summed E-state index contributed by atoms with van der Waals surface area (Å²) in [5.41, 5.74) is 1.40. The SMILES string of the molecule is COCCOc1ccc(Cl)cc1C(=O)N1CCN(C(C)c2cccc(F)c2)CC1. The zero-order valence-electron chi connectivity index (χ0n) is 16.7. The predicted molar refractivity (Wildman–Crippen MR) is 111 cm³/mol. The average Bonchev–Trinajstić information content (AvgIpc) is 2.74. The van der Waals surface area contributed by atoms with E-state index in [1.807, 2.05) is 11.0 Å². The van der Waals surface area contributed by atoms with Crippen LogP contribution in [0.5, 0.6) is 5.75 Å². The second-order valence-corrected chi connectivity index (χ2v) is 7.48. The number of benzene rings is 2. The Morgan fingerprint density at radius 1 is 1.14 bits per heavy atom. The Kier molecular flexibility index (Phi) is 7.47. The Morgan fingerprint density at radius 3 is 2.59 bits per heavy atom. The van der Waals surface area contributed by atoms with Crippen LogP contribution in [-0.4, -0.2) is 62.2 Å². The first-order valence-electron chi connectivity index (χ1n) is 9.69. The molecule has 1 unspecified atom stereocenters. The maximum Gasteiger partial charge on any atom is 0.257 e. The highest BCUT2D eigenvalue weighted by atomic mass is 35.5. The van der Waals surface area contributed by atoms with E-state index in [9.17, 15) is 9.18 Å². The average molecular weight is 421 g/mol. The maximum atomic E-state index is 13.5. The number of piperazine rings is 1. The van der Waals surface area contributed by atoms with Crippen LogP contribution >= 0.6 is 11.6 Å². The third-order valence-electron chi connectivity index (χ3n) is 5.20. The topological polar surface area (TPSA) is 42.0 Å². The van der Waals surface area contributed by atoms with Gasteiger partial charge in [-0.15, -0.1) is 0 Å². The molecule has 7 heteroatoms. The molecule has 0 aliphatic carbocycles. The van der Waals surface area contributed by atoms with Crippen molar-refractivity contribution in [2.75, 3.05) is 46.5 Å². The van der Waals surface area contributed by atoms with Crippen LogP contribution in [0.1, 0.15) is 28.9 Å². The quantitative estimate of drug-likeness (QED) is 0.634. The summed E-state index contributed by atoms with van der Waals surface area (Å²) in [5, 5.41) is 0.491. The summed E-state index contributed by atoms with van der Waals surface area (Å²) in [6.07, 6.45) is 0.